The molecule has 0 aliphatic carbocycles. The molecule has 13 heavy (non-hydrogen) atoms. The predicted octanol–water partition coefficient (Wildman–Crippen LogP) is 2.71. The molecule has 0 spiro atoms. The van der Waals surface area contributed by atoms with Gasteiger partial charge in [0.25, 0.3) is 0 Å². The zero-order valence-electron chi connectivity index (χ0n) is 7.66. The second kappa shape index (κ2) is 4.07. The summed E-state index contributed by atoms with van der Waals surface area (Å²) in [6.45, 7) is 2.44. The van der Waals surface area contributed by atoms with E-state index in [9.17, 15) is 0 Å². The number of rotatable bonds is 1. The van der Waals surface area contributed by atoms with Crippen molar-refractivity contribution in [1.29, 1.82) is 0 Å². The maximum Gasteiger partial charge on any atom is 0.159 e. The SMILES string of the molecule is CN1CCC(c2cnc(Br)s2)CC1. The van der Waals surface area contributed by atoms with E-state index in [1.54, 1.807) is 11.3 Å². The Hall–Kier alpha value is 0.0700. The van der Waals surface area contributed by atoms with E-state index in [1.165, 1.54) is 30.8 Å². The van der Waals surface area contributed by atoms with Crippen molar-refractivity contribution in [2.45, 2.75) is 18.8 Å². The largest absolute Gasteiger partial charge is 0.306 e. The van der Waals surface area contributed by atoms with Gasteiger partial charge in [-0.25, -0.2) is 4.98 Å². The van der Waals surface area contributed by atoms with Gasteiger partial charge in [-0.05, 0) is 54.8 Å². The van der Waals surface area contributed by atoms with Crippen molar-refractivity contribution in [2.75, 3.05) is 20.1 Å². The molecule has 0 radical (unpaired) electrons. The maximum atomic E-state index is 4.23. The molecule has 2 nitrogen and oxygen atoms in total. The molecule has 0 bridgehead atoms. The van der Waals surface area contributed by atoms with E-state index in [4.69, 9.17) is 0 Å². The second-order valence-corrected chi connectivity index (χ2v) is 5.93. The number of hydrogen-bond acceptors (Lipinski definition) is 3. The summed E-state index contributed by atoms with van der Waals surface area (Å²) < 4.78 is 1.02. The minimum atomic E-state index is 0.750. The monoisotopic (exact) mass is 260 g/mol. The summed E-state index contributed by atoms with van der Waals surface area (Å²) in [4.78, 5) is 8.07. The number of thiazole rings is 1. The van der Waals surface area contributed by atoms with Gasteiger partial charge in [0, 0.05) is 11.1 Å². The number of nitrogens with zero attached hydrogens (tertiary/aromatic N) is 2. The lowest BCUT2D eigenvalue weighted by Gasteiger charge is -2.27. The highest BCUT2D eigenvalue weighted by Gasteiger charge is 2.19. The van der Waals surface area contributed by atoms with E-state index in [-0.39, 0.29) is 0 Å². The summed E-state index contributed by atoms with van der Waals surface area (Å²) in [5.41, 5.74) is 0. The third kappa shape index (κ3) is 2.30. The fraction of sp³-hybridized carbons (Fsp3) is 0.667. The molecule has 0 saturated carbocycles. The van der Waals surface area contributed by atoms with E-state index in [1.807, 2.05) is 6.20 Å². The summed E-state index contributed by atoms with van der Waals surface area (Å²) in [7, 11) is 2.19. The minimum Gasteiger partial charge on any atom is -0.306 e. The smallest absolute Gasteiger partial charge is 0.159 e. The fourth-order valence-corrected chi connectivity index (χ4v) is 3.22. The molecule has 1 aromatic heterocycles. The van der Waals surface area contributed by atoms with Gasteiger partial charge >= 0.3 is 0 Å². The number of piperidine rings is 1. The molecule has 1 aliphatic heterocycles. The molecule has 2 rings (SSSR count). The maximum absolute atomic E-state index is 4.23. The molecule has 1 saturated heterocycles. The number of halogens is 1. The topological polar surface area (TPSA) is 16.1 Å². The van der Waals surface area contributed by atoms with E-state index >= 15 is 0 Å². The van der Waals surface area contributed by atoms with Crippen LogP contribution < -0.4 is 0 Å². The van der Waals surface area contributed by atoms with Gasteiger partial charge < -0.3 is 4.90 Å². The molecule has 4 heteroatoms. The van der Waals surface area contributed by atoms with Gasteiger partial charge in [0.1, 0.15) is 0 Å². The lowest BCUT2D eigenvalue weighted by Crippen LogP contribution is -2.28. The van der Waals surface area contributed by atoms with Crippen molar-refractivity contribution in [3.63, 3.8) is 0 Å². The molecule has 72 valence electrons. The summed E-state index contributed by atoms with van der Waals surface area (Å²) in [5, 5.41) is 0. The van der Waals surface area contributed by atoms with E-state index < -0.39 is 0 Å². The second-order valence-electron chi connectivity index (χ2n) is 3.59. The zero-order chi connectivity index (χ0) is 9.26. The zero-order valence-corrected chi connectivity index (χ0v) is 10.1. The van der Waals surface area contributed by atoms with Crippen molar-refractivity contribution in [3.8, 4) is 0 Å². The Bertz CT molecular complexity index is 279. The van der Waals surface area contributed by atoms with Crippen LogP contribution in [0.1, 0.15) is 23.6 Å². The van der Waals surface area contributed by atoms with Crippen LogP contribution in [0.25, 0.3) is 0 Å². The van der Waals surface area contributed by atoms with Gasteiger partial charge in [0.2, 0.25) is 0 Å². The molecule has 0 amide bonds. The van der Waals surface area contributed by atoms with Crippen molar-refractivity contribution >= 4 is 27.3 Å². The van der Waals surface area contributed by atoms with Gasteiger partial charge in [0.15, 0.2) is 3.92 Å². The summed E-state index contributed by atoms with van der Waals surface area (Å²) in [6, 6.07) is 0. The van der Waals surface area contributed by atoms with Crippen LogP contribution in [0.4, 0.5) is 0 Å². The highest BCUT2D eigenvalue weighted by atomic mass is 79.9. The van der Waals surface area contributed by atoms with Gasteiger partial charge in [-0.3, -0.25) is 0 Å². The van der Waals surface area contributed by atoms with Crippen molar-refractivity contribution < 1.29 is 0 Å². The van der Waals surface area contributed by atoms with Crippen LogP contribution >= 0.6 is 27.3 Å². The average Bonchev–Trinajstić information content (AvgIpc) is 2.53. The van der Waals surface area contributed by atoms with Crippen LogP contribution in [-0.2, 0) is 0 Å². The first-order chi connectivity index (χ1) is 6.25. The summed E-state index contributed by atoms with van der Waals surface area (Å²) >= 11 is 5.19. The molecule has 1 aliphatic rings. The Morgan fingerprint density at radius 1 is 1.54 bits per heavy atom. The van der Waals surface area contributed by atoms with Crippen LogP contribution in [0.15, 0.2) is 10.1 Å². The first-order valence-corrected chi connectivity index (χ1v) is 6.16. The van der Waals surface area contributed by atoms with Crippen LogP contribution in [0.3, 0.4) is 0 Å². The first kappa shape index (κ1) is 9.62. The van der Waals surface area contributed by atoms with Crippen LogP contribution in [0, 0.1) is 0 Å². The Kier molecular flexibility index (Phi) is 3.01. The quantitative estimate of drug-likeness (QED) is 0.772. The third-order valence-corrected chi connectivity index (χ3v) is 4.25. The van der Waals surface area contributed by atoms with Gasteiger partial charge in [-0.1, -0.05) is 0 Å². The molecular weight excluding hydrogens is 248 g/mol. The molecular formula is C9H13BrN2S. The lowest BCUT2D eigenvalue weighted by atomic mass is 9.96. The molecule has 0 atom stereocenters. The first-order valence-electron chi connectivity index (χ1n) is 4.55. The average molecular weight is 261 g/mol. The molecule has 0 aromatic carbocycles. The molecule has 0 unspecified atom stereocenters. The van der Waals surface area contributed by atoms with E-state index in [0.717, 1.165) is 9.83 Å². The Morgan fingerprint density at radius 2 is 2.23 bits per heavy atom. The normalized spacial score (nSPS) is 20.8. The van der Waals surface area contributed by atoms with Crippen molar-refractivity contribution in [1.82, 2.24) is 9.88 Å². The van der Waals surface area contributed by atoms with E-state index in [2.05, 4.69) is 32.9 Å². The standard InChI is InChI=1S/C9H13BrN2S/c1-12-4-2-7(3-5-12)8-6-11-9(10)13-8/h6-7H,2-5H2,1H3. The highest BCUT2D eigenvalue weighted by Crippen LogP contribution is 2.32. The molecule has 1 aromatic rings. The highest BCUT2D eigenvalue weighted by molar-refractivity contribution is 9.11. The molecule has 1 fully saturated rings. The molecule has 0 N–H and O–H groups in total. The summed E-state index contributed by atoms with van der Waals surface area (Å²) in [5.74, 6) is 0.750. The number of aromatic nitrogens is 1. The van der Waals surface area contributed by atoms with Crippen molar-refractivity contribution in [2.24, 2.45) is 0 Å². The predicted molar refractivity (Wildman–Crippen MR) is 59.3 cm³/mol. The van der Waals surface area contributed by atoms with Crippen LogP contribution in [0.5, 0.6) is 0 Å². The minimum absolute atomic E-state index is 0.750. The molecule has 2 heterocycles. The number of likely N-dealkylation sites (tertiary alicyclic amines) is 1. The Labute approximate surface area is 91.1 Å². The summed E-state index contributed by atoms with van der Waals surface area (Å²) in [6.07, 6.45) is 4.58. The van der Waals surface area contributed by atoms with Gasteiger partial charge in [0.05, 0.1) is 0 Å². The lowest BCUT2D eigenvalue weighted by molar-refractivity contribution is 0.257. The van der Waals surface area contributed by atoms with E-state index in [0.29, 0.717) is 0 Å². The third-order valence-electron chi connectivity index (χ3n) is 2.62. The van der Waals surface area contributed by atoms with Gasteiger partial charge in [-0.15, -0.1) is 11.3 Å². The van der Waals surface area contributed by atoms with Crippen LogP contribution in [0.2, 0.25) is 0 Å². The Balaban J connectivity index is 2.02. The Morgan fingerprint density at radius 3 is 2.77 bits per heavy atom. The van der Waals surface area contributed by atoms with Crippen LogP contribution in [-0.4, -0.2) is 30.0 Å². The van der Waals surface area contributed by atoms with Crippen molar-refractivity contribution in [3.05, 3.63) is 15.0 Å². The van der Waals surface area contributed by atoms with Gasteiger partial charge in [-0.2, -0.15) is 0 Å². The number of hydrogen-bond donors (Lipinski definition) is 0. The fourth-order valence-electron chi connectivity index (χ4n) is 1.75.